The summed E-state index contributed by atoms with van der Waals surface area (Å²) < 4.78 is 11.9. The number of rotatable bonds is 3. The monoisotopic (exact) mass is 312 g/mol. The van der Waals surface area contributed by atoms with E-state index in [9.17, 15) is 4.79 Å². The molecule has 122 valence electrons. The fourth-order valence-corrected chi connectivity index (χ4v) is 5.46. The summed E-state index contributed by atoms with van der Waals surface area (Å²) in [7, 11) is -0.379. The van der Waals surface area contributed by atoms with Crippen LogP contribution < -0.4 is 0 Å². The number of fused-ring (bicyclic) bond motifs is 1. The molecule has 0 heterocycles. The number of carbonyl (C=O) groups is 1. The Morgan fingerprint density at radius 1 is 1.19 bits per heavy atom. The van der Waals surface area contributed by atoms with Gasteiger partial charge in [0, 0.05) is 0 Å². The van der Waals surface area contributed by atoms with E-state index in [1.54, 1.807) is 0 Å². The number of hydrogen-bond donors (Lipinski definition) is 0. The fourth-order valence-electron chi connectivity index (χ4n) is 3.79. The van der Waals surface area contributed by atoms with Crippen LogP contribution in [-0.4, -0.2) is 27.0 Å². The molecule has 2 aliphatic carbocycles. The summed E-state index contributed by atoms with van der Waals surface area (Å²) in [6.45, 7) is 11.4. The van der Waals surface area contributed by atoms with Crippen LogP contribution in [0.3, 0.4) is 0 Å². The van der Waals surface area contributed by atoms with Gasteiger partial charge in [0.25, 0.3) is 0 Å². The normalized spacial score (nSPS) is 33.6. The minimum atomic E-state index is -1.89. The van der Waals surface area contributed by atoms with Crippen molar-refractivity contribution in [1.82, 2.24) is 0 Å². The molecule has 21 heavy (non-hydrogen) atoms. The van der Waals surface area contributed by atoms with E-state index in [0.29, 0.717) is 5.92 Å². The number of methoxy groups -OCH3 is 1. The molecular formula is C17H32O3Si. The van der Waals surface area contributed by atoms with Crippen molar-refractivity contribution in [2.75, 3.05) is 7.11 Å². The standard InChI is InChI=1S/C17H32O3Si/c1-16(2,3)21(5,6)20-17-11-9-7-8-10-13(17)12-14(17)15(18)19-4/h13-14H,7-12H2,1-6H3/t13-,14-,17-/m0/s1. The quantitative estimate of drug-likeness (QED) is 0.568. The van der Waals surface area contributed by atoms with Crippen molar-refractivity contribution in [2.24, 2.45) is 11.8 Å². The summed E-state index contributed by atoms with van der Waals surface area (Å²) in [5, 5.41) is 0.175. The van der Waals surface area contributed by atoms with Crippen molar-refractivity contribution in [1.29, 1.82) is 0 Å². The van der Waals surface area contributed by atoms with Gasteiger partial charge in [0.15, 0.2) is 8.32 Å². The highest BCUT2D eigenvalue weighted by molar-refractivity contribution is 6.74. The van der Waals surface area contributed by atoms with Gasteiger partial charge < -0.3 is 9.16 Å². The Bertz CT molecular complexity index is 399. The third-order valence-corrected chi connectivity index (χ3v) is 10.7. The van der Waals surface area contributed by atoms with Crippen molar-refractivity contribution < 1.29 is 14.0 Å². The van der Waals surface area contributed by atoms with E-state index in [1.165, 1.54) is 32.8 Å². The molecule has 4 heteroatoms. The van der Waals surface area contributed by atoms with Gasteiger partial charge in [-0.1, -0.05) is 40.0 Å². The highest BCUT2D eigenvalue weighted by Gasteiger charge is 2.62. The Kier molecular flexibility index (Phi) is 4.61. The van der Waals surface area contributed by atoms with E-state index in [0.717, 1.165) is 12.8 Å². The van der Waals surface area contributed by atoms with E-state index in [1.807, 2.05) is 0 Å². The highest BCUT2D eigenvalue weighted by Crippen LogP contribution is 2.57. The van der Waals surface area contributed by atoms with E-state index in [-0.39, 0.29) is 22.5 Å². The maximum Gasteiger partial charge on any atom is 0.311 e. The second-order valence-corrected chi connectivity index (χ2v) is 13.1. The first-order valence-corrected chi connectivity index (χ1v) is 11.3. The molecule has 0 radical (unpaired) electrons. The van der Waals surface area contributed by atoms with Crippen LogP contribution in [0, 0.1) is 11.8 Å². The van der Waals surface area contributed by atoms with Crippen LogP contribution in [0.15, 0.2) is 0 Å². The Balaban J connectivity index is 2.29. The molecule has 0 saturated heterocycles. The lowest BCUT2D eigenvalue weighted by Crippen LogP contribution is -2.65. The second kappa shape index (κ2) is 5.69. The van der Waals surface area contributed by atoms with Gasteiger partial charge in [-0.25, -0.2) is 0 Å². The van der Waals surface area contributed by atoms with Crippen LogP contribution in [0.5, 0.6) is 0 Å². The highest BCUT2D eigenvalue weighted by atomic mass is 28.4. The van der Waals surface area contributed by atoms with Crippen LogP contribution in [0.2, 0.25) is 18.1 Å². The summed E-state index contributed by atoms with van der Waals surface area (Å²) in [6, 6.07) is 0. The molecule has 0 aromatic rings. The summed E-state index contributed by atoms with van der Waals surface area (Å²) in [5.74, 6) is 0.449. The van der Waals surface area contributed by atoms with E-state index >= 15 is 0 Å². The lowest BCUT2D eigenvalue weighted by atomic mass is 9.58. The molecule has 0 aromatic heterocycles. The summed E-state index contributed by atoms with van der Waals surface area (Å²) >= 11 is 0. The summed E-state index contributed by atoms with van der Waals surface area (Å²) in [5.41, 5.74) is -0.230. The van der Waals surface area contributed by atoms with Gasteiger partial charge in [0.05, 0.1) is 18.6 Å². The van der Waals surface area contributed by atoms with Crippen molar-refractivity contribution in [2.45, 2.75) is 83.0 Å². The van der Waals surface area contributed by atoms with Gasteiger partial charge >= 0.3 is 5.97 Å². The largest absolute Gasteiger partial charge is 0.469 e. The smallest absolute Gasteiger partial charge is 0.311 e. The van der Waals surface area contributed by atoms with Crippen molar-refractivity contribution >= 4 is 14.3 Å². The topological polar surface area (TPSA) is 35.5 Å². The Hall–Kier alpha value is -0.353. The van der Waals surface area contributed by atoms with E-state index < -0.39 is 8.32 Å². The average Bonchev–Trinajstić information content (AvgIpc) is 2.50. The maximum absolute atomic E-state index is 12.2. The molecule has 2 saturated carbocycles. The van der Waals surface area contributed by atoms with Gasteiger partial charge in [-0.15, -0.1) is 0 Å². The molecule has 2 fully saturated rings. The fraction of sp³-hybridized carbons (Fsp3) is 0.941. The van der Waals surface area contributed by atoms with Gasteiger partial charge in [-0.05, 0) is 43.3 Å². The predicted molar refractivity (Wildman–Crippen MR) is 87.7 cm³/mol. The average molecular weight is 313 g/mol. The third kappa shape index (κ3) is 2.94. The first kappa shape index (κ1) is 17.0. The molecule has 3 atom stereocenters. The van der Waals surface area contributed by atoms with E-state index in [4.69, 9.17) is 9.16 Å². The molecular weight excluding hydrogens is 280 g/mol. The molecule has 2 aliphatic rings. The van der Waals surface area contributed by atoms with Crippen LogP contribution in [0.25, 0.3) is 0 Å². The van der Waals surface area contributed by atoms with Crippen molar-refractivity contribution in [3.8, 4) is 0 Å². The van der Waals surface area contributed by atoms with Gasteiger partial charge in [-0.2, -0.15) is 0 Å². The zero-order valence-corrected chi connectivity index (χ0v) is 15.6. The Labute approximate surface area is 130 Å². The first-order valence-electron chi connectivity index (χ1n) is 8.42. The molecule has 0 aromatic carbocycles. The molecule has 0 aliphatic heterocycles. The van der Waals surface area contributed by atoms with Crippen LogP contribution >= 0.6 is 0 Å². The number of hydrogen-bond acceptors (Lipinski definition) is 3. The SMILES string of the molecule is COC(=O)[C@@H]1C[C@@H]2CCCCC[C@]21O[Si](C)(C)C(C)(C)C. The molecule has 0 unspecified atom stereocenters. The summed E-state index contributed by atoms with van der Waals surface area (Å²) in [4.78, 5) is 12.2. The Morgan fingerprint density at radius 2 is 1.86 bits per heavy atom. The van der Waals surface area contributed by atoms with Crippen LogP contribution in [-0.2, 0) is 14.0 Å². The summed E-state index contributed by atoms with van der Waals surface area (Å²) in [6.07, 6.45) is 6.93. The number of carbonyl (C=O) groups excluding carboxylic acids is 1. The number of esters is 1. The van der Waals surface area contributed by atoms with E-state index in [2.05, 4.69) is 33.9 Å². The van der Waals surface area contributed by atoms with Crippen LogP contribution in [0.4, 0.5) is 0 Å². The molecule has 0 amide bonds. The minimum absolute atomic E-state index is 0.0419. The Morgan fingerprint density at radius 3 is 2.43 bits per heavy atom. The lowest BCUT2D eigenvalue weighted by Gasteiger charge is -2.58. The predicted octanol–water partition coefficient (Wildman–Crippen LogP) is 4.52. The first-order chi connectivity index (χ1) is 9.64. The maximum atomic E-state index is 12.2. The minimum Gasteiger partial charge on any atom is -0.469 e. The van der Waals surface area contributed by atoms with Gasteiger partial charge in [0.2, 0.25) is 0 Å². The number of ether oxygens (including phenoxy) is 1. The molecule has 3 nitrogen and oxygen atoms in total. The second-order valence-electron chi connectivity index (χ2n) is 8.43. The lowest BCUT2D eigenvalue weighted by molar-refractivity contribution is -0.185. The molecule has 0 N–H and O–H groups in total. The molecule has 0 bridgehead atoms. The van der Waals surface area contributed by atoms with Gasteiger partial charge in [0.1, 0.15) is 0 Å². The van der Waals surface area contributed by atoms with Crippen molar-refractivity contribution in [3.05, 3.63) is 0 Å². The molecule has 0 spiro atoms. The van der Waals surface area contributed by atoms with Crippen molar-refractivity contribution in [3.63, 3.8) is 0 Å². The van der Waals surface area contributed by atoms with Crippen LogP contribution in [0.1, 0.15) is 59.3 Å². The molecule has 2 rings (SSSR count). The van der Waals surface area contributed by atoms with Gasteiger partial charge in [-0.3, -0.25) is 4.79 Å². The third-order valence-electron chi connectivity index (χ3n) is 6.16. The zero-order valence-electron chi connectivity index (χ0n) is 14.6. The zero-order chi connectivity index (χ0) is 15.9.